The molecule has 0 aromatic heterocycles. The summed E-state index contributed by atoms with van der Waals surface area (Å²) in [5.41, 5.74) is 0.360. The van der Waals surface area contributed by atoms with Gasteiger partial charge in [-0.1, -0.05) is 62.0 Å². The van der Waals surface area contributed by atoms with Crippen LogP contribution in [0.2, 0.25) is 0 Å². The zero-order valence-electron chi connectivity index (χ0n) is 15.1. The van der Waals surface area contributed by atoms with Gasteiger partial charge in [0.05, 0.1) is 6.21 Å². The molecule has 0 unspecified atom stereocenters. The fourth-order valence-corrected chi connectivity index (χ4v) is 2.99. The highest BCUT2D eigenvalue weighted by Crippen LogP contribution is 2.32. The second kappa shape index (κ2) is 7.86. The van der Waals surface area contributed by atoms with Crippen molar-refractivity contribution < 1.29 is 14.3 Å². The van der Waals surface area contributed by atoms with E-state index in [1.54, 1.807) is 12.1 Å². The van der Waals surface area contributed by atoms with E-state index in [4.69, 9.17) is 4.74 Å². The summed E-state index contributed by atoms with van der Waals surface area (Å²) in [6, 6.07) is 15.9. The molecule has 3 amide bonds. The van der Waals surface area contributed by atoms with Crippen molar-refractivity contribution in [2.45, 2.75) is 18.9 Å². The third kappa shape index (κ3) is 3.60. The van der Waals surface area contributed by atoms with E-state index in [0.717, 1.165) is 10.6 Å². The molecule has 2 aromatic rings. The van der Waals surface area contributed by atoms with E-state index in [1.807, 2.05) is 55.5 Å². The first-order valence-electron chi connectivity index (χ1n) is 8.70. The number of amides is 3. The lowest BCUT2D eigenvalue weighted by Crippen LogP contribution is -2.43. The van der Waals surface area contributed by atoms with Gasteiger partial charge in [0.15, 0.2) is 0 Å². The molecular formula is C21H21N3O3. The van der Waals surface area contributed by atoms with Crippen LogP contribution in [-0.2, 0) is 10.3 Å². The lowest BCUT2D eigenvalue weighted by atomic mass is 9.87. The Kier molecular flexibility index (Phi) is 5.35. The van der Waals surface area contributed by atoms with E-state index >= 15 is 0 Å². The minimum absolute atomic E-state index is 0.392. The maximum absolute atomic E-state index is 13.0. The summed E-state index contributed by atoms with van der Waals surface area (Å²) < 4.78 is 5.48. The number of nitrogens with zero attached hydrogens (tertiary/aromatic N) is 2. The Morgan fingerprint density at radius 3 is 2.67 bits per heavy atom. The van der Waals surface area contributed by atoms with Gasteiger partial charge in [0.2, 0.25) is 0 Å². The average molecular weight is 363 g/mol. The number of benzene rings is 2. The van der Waals surface area contributed by atoms with Gasteiger partial charge < -0.3 is 10.1 Å². The third-order valence-electron chi connectivity index (χ3n) is 4.42. The van der Waals surface area contributed by atoms with Crippen molar-refractivity contribution >= 4 is 18.2 Å². The molecule has 6 heteroatoms. The normalized spacial score (nSPS) is 19.4. The van der Waals surface area contributed by atoms with Crippen LogP contribution >= 0.6 is 0 Å². The van der Waals surface area contributed by atoms with Gasteiger partial charge in [0.25, 0.3) is 5.91 Å². The van der Waals surface area contributed by atoms with Gasteiger partial charge in [-0.3, -0.25) is 4.79 Å². The molecule has 0 saturated carbocycles. The molecular weight excluding hydrogens is 342 g/mol. The molecule has 0 aliphatic carbocycles. The summed E-state index contributed by atoms with van der Waals surface area (Å²) in [6.07, 6.45) is 3.55. The monoisotopic (exact) mass is 363 g/mol. The Bertz CT molecular complexity index is 879. The van der Waals surface area contributed by atoms with Gasteiger partial charge in [-0.05, 0) is 29.7 Å². The number of urea groups is 1. The van der Waals surface area contributed by atoms with Crippen molar-refractivity contribution in [3.63, 3.8) is 0 Å². The van der Waals surface area contributed by atoms with Crippen LogP contribution in [0.3, 0.4) is 0 Å². The molecule has 1 aliphatic rings. The number of ether oxygens (including phenoxy) is 1. The number of carbonyl (C=O) groups excluding carboxylic acids is 2. The number of carbonyl (C=O) groups is 2. The number of rotatable bonds is 7. The first-order valence-corrected chi connectivity index (χ1v) is 8.70. The molecule has 0 bridgehead atoms. The molecule has 0 radical (unpaired) electrons. The largest absolute Gasteiger partial charge is 0.490 e. The van der Waals surface area contributed by atoms with Crippen molar-refractivity contribution in [1.29, 1.82) is 0 Å². The second-order valence-corrected chi connectivity index (χ2v) is 6.09. The number of hydrogen-bond acceptors (Lipinski definition) is 4. The molecule has 138 valence electrons. The Hall–Kier alpha value is -3.41. The van der Waals surface area contributed by atoms with E-state index in [9.17, 15) is 9.59 Å². The van der Waals surface area contributed by atoms with Crippen molar-refractivity contribution in [3.05, 3.63) is 78.4 Å². The predicted octanol–water partition coefficient (Wildman–Crippen LogP) is 3.44. The van der Waals surface area contributed by atoms with Crippen LogP contribution in [0.4, 0.5) is 4.79 Å². The topological polar surface area (TPSA) is 71.0 Å². The van der Waals surface area contributed by atoms with Gasteiger partial charge in [-0.15, -0.1) is 5.01 Å². The van der Waals surface area contributed by atoms with Crippen LogP contribution in [0, 0.1) is 0 Å². The van der Waals surface area contributed by atoms with Crippen molar-refractivity contribution in [2.24, 2.45) is 5.10 Å². The fraction of sp³-hybridized carbons (Fsp3) is 0.190. The lowest BCUT2D eigenvalue weighted by molar-refractivity contribution is -0.131. The molecule has 1 N–H and O–H groups in total. The van der Waals surface area contributed by atoms with Gasteiger partial charge in [-0.25, -0.2) is 4.79 Å². The number of nitrogens with one attached hydrogen (secondary N) is 1. The fourth-order valence-electron chi connectivity index (χ4n) is 2.99. The molecule has 2 aromatic carbocycles. The number of imide groups is 1. The van der Waals surface area contributed by atoms with E-state index < -0.39 is 17.5 Å². The number of hydrazone groups is 1. The minimum Gasteiger partial charge on any atom is -0.490 e. The van der Waals surface area contributed by atoms with Crippen LogP contribution in [0.15, 0.2) is 72.4 Å². The molecule has 1 saturated heterocycles. The average Bonchev–Trinajstić information content (AvgIpc) is 2.96. The van der Waals surface area contributed by atoms with E-state index in [1.165, 1.54) is 6.21 Å². The Morgan fingerprint density at radius 1 is 1.19 bits per heavy atom. The van der Waals surface area contributed by atoms with Gasteiger partial charge in [0.1, 0.15) is 17.9 Å². The van der Waals surface area contributed by atoms with Crippen LogP contribution in [0.25, 0.3) is 0 Å². The summed E-state index contributed by atoms with van der Waals surface area (Å²) in [4.78, 5) is 25.4. The molecule has 27 heavy (non-hydrogen) atoms. The standard InChI is InChI=1S/C21H21N3O3/c1-3-13-27-18-12-8-9-16(14-18)15-22-24-19(25)21(4-2,23-20(24)26)17-10-6-5-7-11-17/h3,5-12,14-15H,1,4,13H2,2H3,(H,23,26)/b22-15-/t21-/m0/s1. The first kappa shape index (κ1) is 18.4. The zero-order valence-corrected chi connectivity index (χ0v) is 15.1. The van der Waals surface area contributed by atoms with E-state index in [-0.39, 0.29) is 0 Å². The number of hydrogen-bond donors (Lipinski definition) is 1. The summed E-state index contributed by atoms with van der Waals surface area (Å²) in [5, 5.41) is 7.80. The Labute approximate surface area is 158 Å². The molecule has 1 fully saturated rings. The highest BCUT2D eigenvalue weighted by molar-refractivity contribution is 6.07. The van der Waals surface area contributed by atoms with Crippen molar-refractivity contribution in [1.82, 2.24) is 10.3 Å². The molecule has 3 rings (SSSR count). The summed E-state index contributed by atoms with van der Waals surface area (Å²) in [7, 11) is 0. The second-order valence-electron chi connectivity index (χ2n) is 6.09. The third-order valence-corrected chi connectivity index (χ3v) is 4.42. The molecule has 1 aliphatic heterocycles. The Morgan fingerprint density at radius 2 is 1.96 bits per heavy atom. The summed E-state index contributed by atoms with van der Waals surface area (Å²) >= 11 is 0. The highest BCUT2D eigenvalue weighted by atomic mass is 16.5. The summed E-state index contributed by atoms with van der Waals surface area (Å²) in [5.74, 6) is 0.264. The summed E-state index contributed by atoms with van der Waals surface area (Å²) in [6.45, 7) is 5.86. The molecule has 6 nitrogen and oxygen atoms in total. The highest BCUT2D eigenvalue weighted by Gasteiger charge is 2.51. The van der Waals surface area contributed by atoms with Crippen LogP contribution < -0.4 is 10.1 Å². The maximum atomic E-state index is 13.0. The van der Waals surface area contributed by atoms with Crippen LogP contribution in [-0.4, -0.2) is 29.8 Å². The molecule has 1 atom stereocenters. The quantitative estimate of drug-likeness (QED) is 0.465. The molecule has 0 spiro atoms. The van der Waals surface area contributed by atoms with Gasteiger partial charge in [-0.2, -0.15) is 5.10 Å². The predicted molar refractivity (Wildman–Crippen MR) is 104 cm³/mol. The zero-order chi connectivity index (χ0) is 19.3. The Balaban J connectivity index is 1.84. The maximum Gasteiger partial charge on any atom is 0.346 e. The SMILES string of the molecule is C=CCOc1cccc(/C=N\N2C(=O)N[C@@](CC)(c3ccccc3)C2=O)c1. The lowest BCUT2D eigenvalue weighted by Gasteiger charge is -2.24. The van der Waals surface area contributed by atoms with Crippen LogP contribution in [0.5, 0.6) is 5.75 Å². The van der Waals surface area contributed by atoms with Gasteiger partial charge >= 0.3 is 6.03 Å². The molecule has 1 heterocycles. The first-order chi connectivity index (χ1) is 13.1. The van der Waals surface area contributed by atoms with E-state index in [2.05, 4.69) is 17.0 Å². The van der Waals surface area contributed by atoms with Gasteiger partial charge in [0, 0.05) is 0 Å². The van der Waals surface area contributed by atoms with Crippen molar-refractivity contribution in [3.8, 4) is 5.75 Å². The van der Waals surface area contributed by atoms with Crippen molar-refractivity contribution in [2.75, 3.05) is 6.61 Å². The minimum atomic E-state index is -1.09. The van der Waals surface area contributed by atoms with Crippen LogP contribution in [0.1, 0.15) is 24.5 Å². The smallest absolute Gasteiger partial charge is 0.346 e. The van der Waals surface area contributed by atoms with E-state index in [0.29, 0.717) is 24.3 Å².